The van der Waals surface area contributed by atoms with E-state index < -0.39 is 0 Å². The molecule has 2 amide bonds. The molecular formula is C23H23N3O3. The molecule has 0 spiro atoms. The van der Waals surface area contributed by atoms with E-state index in [2.05, 4.69) is 15.6 Å². The zero-order chi connectivity index (χ0) is 20.6. The van der Waals surface area contributed by atoms with Crippen LogP contribution in [-0.4, -0.2) is 30.5 Å². The summed E-state index contributed by atoms with van der Waals surface area (Å²) in [5.74, 6) is 0.174. The maximum absolute atomic E-state index is 12.5. The number of pyridine rings is 1. The number of amides is 2. The molecule has 1 heterocycles. The van der Waals surface area contributed by atoms with E-state index in [9.17, 15) is 9.59 Å². The summed E-state index contributed by atoms with van der Waals surface area (Å²) in [6.45, 7) is 2.37. The monoisotopic (exact) mass is 389 g/mol. The first-order valence-electron chi connectivity index (χ1n) is 9.31. The van der Waals surface area contributed by atoms with Gasteiger partial charge in [-0.2, -0.15) is 0 Å². The summed E-state index contributed by atoms with van der Waals surface area (Å²) in [6, 6.07) is 18.3. The molecule has 2 aromatic carbocycles. The second kappa shape index (κ2) is 9.50. The Labute approximate surface area is 169 Å². The fourth-order valence-electron chi connectivity index (χ4n) is 2.84. The van der Waals surface area contributed by atoms with Gasteiger partial charge in [-0.1, -0.05) is 30.3 Å². The summed E-state index contributed by atoms with van der Waals surface area (Å²) in [5.41, 5.74) is 3.34. The van der Waals surface area contributed by atoms with Gasteiger partial charge in [0.25, 0.3) is 11.8 Å². The molecule has 1 aromatic heterocycles. The van der Waals surface area contributed by atoms with Gasteiger partial charge in [-0.15, -0.1) is 0 Å². The van der Waals surface area contributed by atoms with Gasteiger partial charge in [0.2, 0.25) is 0 Å². The van der Waals surface area contributed by atoms with Crippen LogP contribution in [0.5, 0.6) is 5.75 Å². The van der Waals surface area contributed by atoms with Crippen molar-refractivity contribution in [1.29, 1.82) is 0 Å². The van der Waals surface area contributed by atoms with E-state index in [1.807, 2.05) is 55.5 Å². The normalized spacial score (nSPS) is 10.3. The lowest BCUT2D eigenvalue weighted by molar-refractivity contribution is 0.0949. The first-order chi connectivity index (χ1) is 14.1. The van der Waals surface area contributed by atoms with Gasteiger partial charge in [-0.05, 0) is 54.8 Å². The van der Waals surface area contributed by atoms with Gasteiger partial charge in [0.15, 0.2) is 0 Å². The Morgan fingerprint density at radius 2 is 1.83 bits per heavy atom. The van der Waals surface area contributed by atoms with E-state index in [0.717, 1.165) is 22.6 Å². The van der Waals surface area contributed by atoms with Gasteiger partial charge in [-0.3, -0.25) is 14.6 Å². The summed E-state index contributed by atoms with van der Waals surface area (Å²) in [6.07, 6.45) is 2.13. The van der Waals surface area contributed by atoms with E-state index in [1.54, 1.807) is 13.2 Å². The zero-order valence-corrected chi connectivity index (χ0v) is 16.4. The quantitative estimate of drug-likeness (QED) is 0.647. The van der Waals surface area contributed by atoms with Gasteiger partial charge in [0, 0.05) is 24.0 Å². The van der Waals surface area contributed by atoms with Crippen LogP contribution in [-0.2, 0) is 6.42 Å². The second-order valence-electron chi connectivity index (χ2n) is 6.56. The van der Waals surface area contributed by atoms with Crippen molar-refractivity contribution in [2.24, 2.45) is 0 Å². The summed E-state index contributed by atoms with van der Waals surface area (Å²) >= 11 is 0. The number of carbonyl (C=O) groups is 2. The highest BCUT2D eigenvalue weighted by atomic mass is 16.5. The lowest BCUT2D eigenvalue weighted by atomic mass is 10.1. The molecule has 0 bridgehead atoms. The SMILES string of the molecule is COc1cccc(CCNC(=O)c2cc(C(=O)Nc3ccccc3C)ccn2)c1. The maximum atomic E-state index is 12.5. The van der Waals surface area contributed by atoms with Gasteiger partial charge >= 0.3 is 0 Å². The molecule has 148 valence electrons. The number of nitrogens with one attached hydrogen (secondary N) is 2. The molecule has 29 heavy (non-hydrogen) atoms. The number of hydrogen-bond acceptors (Lipinski definition) is 4. The predicted octanol–water partition coefficient (Wildman–Crippen LogP) is 3.62. The average Bonchev–Trinajstić information content (AvgIpc) is 2.75. The van der Waals surface area contributed by atoms with E-state index in [4.69, 9.17) is 4.74 Å². The Kier molecular flexibility index (Phi) is 6.58. The van der Waals surface area contributed by atoms with Crippen molar-refractivity contribution in [1.82, 2.24) is 10.3 Å². The van der Waals surface area contributed by atoms with E-state index in [-0.39, 0.29) is 17.5 Å². The fraction of sp³-hybridized carbons (Fsp3) is 0.174. The van der Waals surface area contributed by atoms with Crippen LogP contribution in [0.3, 0.4) is 0 Å². The largest absolute Gasteiger partial charge is 0.497 e. The molecule has 0 aliphatic carbocycles. The molecule has 3 rings (SSSR count). The lowest BCUT2D eigenvalue weighted by Crippen LogP contribution is -2.27. The van der Waals surface area contributed by atoms with Crippen molar-refractivity contribution in [3.05, 3.63) is 89.2 Å². The Hall–Kier alpha value is -3.67. The van der Waals surface area contributed by atoms with Crippen molar-refractivity contribution in [3.63, 3.8) is 0 Å². The highest BCUT2D eigenvalue weighted by molar-refractivity contribution is 6.06. The number of aromatic nitrogens is 1. The van der Waals surface area contributed by atoms with Crippen LogP contribution in [0.25, 0.3) is 0 Å². The Morgan fingerprint density at radius 1 is 1.00 bits per heavy atom. The van der Waals surface area contributed by atoms with E-state index in [0.29, 0.717) is 18.5 Å². The molecular weight excluding hydrogens is 366 g/mol. The number of anilines is 1. The molecule has 0 atom stereocenters. The van der Waals surface area contributed by atoms with Crippen LogP contribution in [0, 0.1) is 6.92 Å². The minimum absolute atomic E-state index is 0.202. The van der Waals surface area contributed by atoms with Gasteiger partial charge < -0.3 is 15.4 Å². The third-order valence-corrected chi connectivity index (χ3v) is 4.48. The number of carbonyl (C=O) groups excluding carboxylic acids is 2. The van der Waals surface area contributed by atoms with Crippen molar-refractivity contribution in [2.75, 3.05) is 19.0 Å². The first kappa shape index (κ1) is 20.1. The minimum Gasteiger partial charge on any atom is -0.497 e. The third-order valence-electron chi connectivity index (χ3n) is 4.48. The summed E-state index contributed by atoms with van der Waals surface area (Å²) in [4.78, 5) is 29.0. The topological polar surface area (TPSA) is 80.3 Å². The van der Waals surface area contributed by atoms with Crippen LogP contribution >= 0.6 is 0 Å². The summed E-state index contributed by atoms with van der Waals surface area (Å²) in [7, 11) is 1.62. The van der Waals surface area contributed by atoms with Gasteiger partial charge in [-0.25, -0.2) is 0 Å². The maximum Gasteiger partial charge on any atom is 0.269 e. The molecule has 6 heteroatoms. The fourth-order valence-corrected chi connectivity index (χ4v) is 2.84. The highest BCUT2D eigenvalue weighted by Crippen LogP contribution is 2.15. The standard InChI is InChI=1S/C23H23N3O3/c1-16-6-3-4-9-20(16)26-22(27)18-11-13-24-21(15-18)23(28)25-12-10-17-7-5-8-19(14-17)29-2/h3-9,11,13-15H,10,12H2,1-2H3,(H,25,28)(H,26,27). The highest BCUT2D eigenvalue weighted by Gasteiger charge is 2.12. The number of methoxy groups -OCH3 is 1. The van der Waals surface area contributed by atoms with E-state index >= 15 is 0 Å². The number of hydrogen-bond donors (Lipinski definition) is 2. The van der Waals surface area contributed by atoms with Crippen molar-refractivity contribution < 1.29 is 14.3 Å². The molecule has 0 aliphatic heterocycles. The number of benzene rings is 2. The van der Waals surface area contributed by atoms with E-state index in [1.165, 1.54) is 12.3 Å². The van der Waals surface area contributed by atoms with Crippen LogP contribution in [0.1, 0.15) is 32.0 Å². The van der Waals surface area contributed by atoms with Crippen LogP contribution in [0.2, 0.25) is 0 Å². The predicted molar refractivity (Wildman–Crippen MR) is 112 cm³/mol. The Morgan fingerprint density at radius 3 is 2.62 bits per heavy atom. The molecule has 0 saturated carbocycles. The second-order valence-corrected chi connectivity index (χ2v) is 6.56. The van der Waals surface area contributed by atoms with Crippen molar-refractivity contribution >= 4 is 17.5 Å². The van der Waals surface area contributed by atoms with Crippen molar-refractivity contribution in [3.8, 4) is 5.75 Å². The number of aryl methyl sites for hydroxylation is 1. The summed E-state index contributed by atoms with van der Waals surface area (Å²) < 4.78 is 5.20. The average molecular weight is 389 g/mol. The molecule has 0 radical (unpaired) electrons. The molecule has 0 unspecified atom stereocenters. The number of nitrogens with zero attached hydrogens (tertiary/aromatic N) is 1. The summed E-state index contributed by atoms with van der Waals surface area (Å²) in [5, 5.41) is 5.69. The van der Waals surface area contributed by atoms with Crippen LogP contribution in [0.15, 0.2) is 66.9 Å². The molecule has 3 aromatic rings. The number of para-hydroxylation sites is 1. The Bertz CT molecular complexity index is 1020. The first-order valence-corrected chi connectivity index (χ1v) is 9.31. The molecule has 2 N–H and O–H groups in total. The minimum atomic E-state index is -0.321. The molecule has 0 fully saturated rings. The van der Waals surface area contributed by atoms with Gasteiger partial charge in [0.1, 0.15) is 11.4 Å². The molecule has 0 saturated heterocycles. The third kappa shape index (κ3) is 5.42. The zero-order valence-electron chi connectivity index (χ0n) is 16.4. The van der Waals surface area contributed by atoms with Crippen molar-refractivity contribution in [2.45, 2.75) is 13.3 Å². The van der Waals surface area contributed by atoms with Crippen LogP contribution in [0.4, 0.5) is 5.69 Å². The van der Waals surface area contributed by atoms with Crippen LogP contribution < -0.4 is 15.4 Å². The Balaban J connectivity index is 1.60. The molecule has 0 aliphatic rings. The van der Waals surface area contributed by atoms with Gasteiger partial charge in [0.05, 0.1) is 7.11 Å². The number of ether oxygens (including phenoxy) is 1. The molecule has 6 nitrogen and oxygen atoms in total. The smallest absolute Gasteiger partial charge is 0.269 e. The number of rotatable bonds is 7. The lowest BCUT2D eigenvalue weighted by Gasteiger charge is -2.09.